The number of aliphatic hydroxyl groups is 1. The van der Waals surface area contributed by atoms with Crippen molar-refractivity contribution in [3.05, 3.63) is 47.0 Å². The molecule has 3 N–H and O–H groups in total. The highest BCUT2D eigenvalue weighted by Crippen LogP contribution is 2.40. The van der Waals surface area contributed by atoms with Crippen LogP contribution in [0.25, 0.3) is 11.1 Å². The molecule has 0 radical (unpaired) electrons. The molecule has 0 saturated carbocycles. The second-order valence-corrected chi connectivity index (χ2v) is 11.1. The van der Waals surface area contributed by atoms with Crippen molar-refractivity contribution in [1.82, 2.24) is 9.21 Å². The lowest BCUT2D eigenvalue weighted by Gasteiger charge is -2.29. The lowest BCUT2D eigenvalue weighted by atomic mass is 9.87. The van der Waals surface area contributed by atoms with Crippen molar-refractivity contribution in [3.8, 4) is 11.1 Å². The van der Waals surface area contributed by atoms with Crippen molar-refractivity contribution in [2.45, 2.75) is 30.4 Å². The molecule has 12 heteroatoms. The van der Waals surface area contributed by atoms with Crippen molar-refractivity contribution in [1.29, 1.82) is 0 Å². The molecule has 0 unspecified atom stereocenters. The monoisotopic (exact) mass is 516 g/mol. The van der Waals surface area contributed by atoms with Crippen LogP contribution in [0.2, 0.25) is 0 Å². The highest BCUT2D eigenvalue weighted by molar-refractivity contribution is 7.89. The number of likely N-dealkylation sites (N-methyl/N-ethyl adjacent to an activating group) is 1. The number of carboxylic acids is 1. The van der Waals surface area contributed by atoms with E-state index in [0.29, 0.717) is 17.8 Å². The minimum absolute atomic E-state index is 0.0572. The zero-order chi connectivity index (χ0) is 26.2. The topological polar surface area (TPSA) is 149 Å². The molecule has 2 aliphatic heterocycles. The number of fused-ring (bicyclic) bond motifs is 3. The van der Waals surface area contributed by atoms with Crippen LogP contribution in [0.1, 0.15) is 23.1 Å². The van der Waals surface area contributed by atoms with Crippen LogP contribution in [0.4, 0.5) is 5.69 Å². The Hall–Kier alpha value is -3.32. The van der Waals surface area contributed by atoms with Crippen molar-refractivity contribution in [2.24, 2.45) is 5.16 Å². The molecule has 0 spiro atoms. The predicted molar refractivity (Wildman–Crippen MR) is 132 cm³/mol. The van der Waals surface area contributed by atoms with E-state index in [4.69, 9.17) is 9.94 Å². The van der Waals surface area contributed by atoms with E-state index in [9.17, 15) is 23.1 Å². The summed E-state index contributed by atoms with van der Waals surface area (Å²) >= 11 is 0. The normalized spacial score (nSPS) is 17.6. The number of carbonyl (C=O) groups excluding carboxylic acids is 1. The van der Waals surface area contributed by atoms with Gasteiger partial charge in [-0.1, -0.05) is 17.3 Å². The first kappa shape index (κ1) is 25.8. The zero-order valence-electron chi connectivity index (χ0n) is 20.2. The standard InChI is InChI=1S/C24H28N4O7S/c1-27(2)36(33,34)15-6-4-14(5-7-15)17-12-18-21(19-13-28(3)10-8-16(17)19)25-23(30)22(18)26-35-20(9-11-29)24(31)32/h4-7,12,20,29H,8-11,13H2,1-3H3,(H,31,32)(H,25,26,30)/t20-/m0/s1. The van der Waals surface area contributed by atoms with Crippen LogP contribution in [0.15, 0.2) is 40.4 Å². The molecule has 0 bridgehead atoms. The number of rotatable bonds is 8. The molecule has 1 amide bonds. The summed E-state index contributed by atoms with van der Waals surface area (Å²) in [5, 5.41) is 25.1. The van der Waals surface area contributed by atoms with E-state index in [0.717, 1.165) is 39.5 Å². The number of aliphatic carboxylic acids is 1. The number of carbonyl (C=O) groups is 2. The minimum Gasteiger partial charge on any atom is -0.478 e. The summed E-state index contributed by atoms with van der Waals surface area (Å²) in [6.07, 6.45) is -0.847. The molecule has 36 heavy (non-hydrogen) atoms. The number of carboxylic acid groups (broad SMARTS) is 1. The van der Waals surface area contributed by atoms with Crippen LogP contribution >= 0.6 is 0 Å². The van der Waals surface area contributed by atoms with E-state index < -0.39 is 34.6 Å². The first-order valence-electron chi connectivity index (χ1n) is 11.3. The van der Waals surface area contributed by atoms with Crippen molar-refractivity contribution in [3.63, 3.8) is 0 Å². The van der Waals surface area contributed by atoms with Gasteiger partial charge >= 0.3 is 5.97 Å². The Bertz CT molecular complexity index is 1340. The van der Waals surface area contributed by atoms with Crippen molar-refractivity contribution in [2.75, 3.05) is 39.6 Å². The largest absolute Gasteiger partial charge is 0.478 e. The van der Waals surface area contributed by atoms with Gasteiger partial charge in [0, 0.05) is 45.8 Å². The van der Waals surface area contributed by atoms with Crippen LogP contribution in [-0.2, 0) is 37.4 Å². The highest BCUT2D eigenvalue weighted by atomic mass is 32.2. The van der Waals surface area contributed by atoms with Gasteiger partial charge in [-0.25, -0.2) is 17.5 Å². The van der Waals surface area contributed by atoms with Crippen molar-refractivity contribution >= 4 is 33.3 Å². The number of nitrogens with zero attached hydrogens (tertiary/aromatic N) is 3. The van der Waals surface area contributed by atoms with Crippen LogP contribution < -0.4 is 5.32 Å². The second-order valence-electron chi connectivity index (χ2n) is 8.94. The number of hydrogen-bond donors (Lipinski definition) is 3. The zero-order valence-corrected chi connectivity index (χ0v) is 21.0. The molecule has 192 valence electrons. The molecule has 2 heterocycles. The number of benzene rings is 2. The number of oxime groups is 1. The van der Waals surface area contributed by atoms with Gasteiger partial charge < -0.3 is 25.3 Å². The van der Waals surface area contributed by atoms with E-state index in [1.165, 1.54) is 14.1 Å². The SMILES string of the molecule is CN1CCc2c(-c3ccc(S(=O)(=O)N(C)C)cc3)cc3c(c2C1)NC(=O)/C3=N\O[C@@H](CCO)C(=O)O. The summed E-state index contributed by atoms with van der Waals surface area (Å²) in [4.78, 5) is 31.6. The van der Waals surface area contributed by atoms with Crippen LogP contribution in [0.5, 0.6) is 0 Å². The Morgan fingerprint density at radius 3 is 2.53 bits per heavy atom. The number of hydrogen-bond acceptors (Lipinski definition) is 8. The lowest BCUT2D eigenvalue weighted by Crippen LogP contribution is -2.27. The summed E-state index contributed by atoms with van der Waals surface area (Å²) in [6, 6.07) is 8.36. The smallest absolute Gasteiger partial charge is 0.347 e. The molecule has 1 atom stereocenters. The quantitative estimate of drug-likeness (QED) is 0.442. The summed E-state index contributed by atoms with van der Waals surface area (Å²) in [6.45, 7) is 0.981. The van der Waals surface area contributed by atoms with Crippen LogP contribution in [0, 0.1) is 0 Å². The van der Waals surface area contributed by atoms with Gasteiger partial charge in [0.1, 0.15) is 0 Å². The number of amides is 1. The molecule has 11 nitrogen and oxygen atoms in total. The molecule has 0 aliphatic carbocycles. The maximum atomic E-state index is 12.8. The minimum atomic E-state index is -3.58. The summed E-state index contributed by atoms with van der Waals surface area (Å²) < 4.78 is 26.1. The fraction of sp³-hybridized carbons (Fsp3) is 0.375. The van der Waals surface area contributed by atoms with E-state index in [1.807, 2.05) is 7.05 Å². The van der Waals surface area contributed by atoms with Gasteiger partial charge in [0.05, 0.1) is 10.6 Å². The Balaban J connectivity index is 1.82. The molecule has 0 aromatic heterocycles. The molecular weight excluding hydrogens is 488 g/mol. The van der Waals surface area contributed by atoms with Gasteiger partial charge in [-0.3, -0.25) is 4.79 Å². The first-order valence-corrected chi connectivity index (χ1v) is 12.8. The number of sulfonamides is 1. The van der Waals surface area contributed by atoms with Gasteiger partial charge in [0.15, 0.2) is 5.71 Å². The average molecular weight is 517 g/mol. The lowest BCUT2D eigenvalue weighted by molar-refractivity contribution is -0.151. The van der Waals surface area contributed by atoms with Gasteiger partial charge in [0.25, 0.3) is 5.91 Å². The van der Waals surface area contributed by atoms with Gasteiger partial charge in [-0.2, -0.15) is 0 Å². The number of nitrogens with one attached hydrogen (secondary N) is 1. The molecular formula is C24H28N4O7S. The molecule has 2 aromatic rings. The first-order chi connectivity index (χ1) is 17.0. The highest BCUT2D eigenvalue weighted by Gasteiger charge is 2.34. The fourth-order valence-corrected chi connectivity index (χ4v) is 5.24. The van der Waals surface area contributed by atoms with Crippen LogP contribution in [-0.4, -0.2) is 85.8 Å². The summed E-state index contributed by atoms with van der Waals surface area (Å²) in [5.41, 5.74) is 4.60. The van der Waals surface area contributed by atoms with Gasteiger partial charge in [0.2, 0.25) is 16.1 Å². The Kier molecular flexibility index (Phi) is 7.14. The van der Waals surface area contributed by atoms with Crippen LogP contribution in [0.3, 0.4) is 0 Å². The fourth-order valence-electron chi connectivity index (χ4n) is 4.34. The Morgan fingerprint density at radius 2 is 1.92 bits per heavy atom. The maximum Gasteiger partial charge on any atom is 0.347 e. The summed E-state index contributed by atoms with van der Waals surface area (Å²) in [7, 11) is 1.34. The Morgan fingerprint density at radius 1 is 1.22 bits per heavy atom. The third-order valence-corrected chi connectivity index (χ3v) is 8.14. The molecule has 0 fully saturated rings. The molecule has 2 aliphatic rings. The van der Waals surface area contributed by atoms with E-state index >= 15 is 0 Å². The average Bonchev–Trinajstić information content (AvgIpc) is 3.16. The summed E-state index contributed by atoms with van der Waals surface area (Å²) in [5.74, 6) is -1.81. The third kappa shape index (κ3) is 4.72. The predicted octanol–water partition coefficient (Wildman–Crippen LogP) is 1.10. The Labute approximate surface area is 209 Å². The molecule has 0 saturated heterocycles. The van der Waals surface area contributed by atoms with E-state index in [1.54, 1.807) is 30.3 Å². The molecule has 2 aromatic carbocycles. The third-order valence-electron chi connectivity index (χ3n) is 6.31. The van der Waals surface area contributed by atoms with Gasteiger partial charge in [-0.05, 0) is 53.9 Å². The van der Waals surface area contributed by atoms with Crippen molar-refractivity contribution < 1.29 is 33.1 Å². The van der Waals surface area contributed by atoms with E-state index in [2.05, 4.69) is 15.4 Å². The number of anilines is 1. The second kappa shape index (κ2) is 9.97. The van der Waals surface area contributed by atoms with Gasteiger partial charge in [-0.15, -0.1) is 0 Å². The number of aliphatic hydroxyl groups excluding tert-OH is 1. The van der Waals surface area contributed by atoms with E-state index in [-0.39, 0.29) is 17.0 Å². The molecule has 4 rings (SSSR count). The maximum absolute atomic E-state index is 12.8.